The summed E-state index contributed by atoms with van der Waals surface area (Å²) < 4.78 is 0. The fourth-order valence-electron chi connectivity index (χ4n) is 1.40. The summed E-state index contributed by atoms with van der Waals surface area (Å²) in [5.74, 6) is 0.557. The Morgan fingerprint density at radius 3 is 2.92 bits per heavy atom. The highest BCUT2D eigenvalue weighted by atomic mass is 14.8. The molecule has 12 heavy (non-hydrogen) atoms. The number of hydrogen-bond donors (Lipinski definition) is 1. The van der Waals surface area contributed by atoms with Gasteiger partial charge in [0.05, 0.1) is 0 Å². The summed E-state index contributed by atoms with van der Waals surface area (Å²) in [6.07, 6.45) is 8.94. The second-order valence-electron chi connectivity index (χ2n) is 3.38. The van der Waals surface area contributed by atoms with Crippen LogP contribution in [0.3, 0.4) is 0 Å². The van der Waals surface area contributed by atoms with Crippen LogP contribution in [0.4, 0.5) is 0 Å². The molecule has 0 aliphatic heterocycles. The van der Waals surface area contributed by atoms with Crippen molar-refractivity contribution < 1.29 is 0 Å². The molecule has 1 atom stereocenters. The van der Waals surface area contributed by atoms with Crippen molar-refractivity contribution in [2.75, 3.05) is 13.6 Å². The molecule has 0 fully saturated rings. The second kappa shape index (κ2) is 4.27. The van der Waals surface area contributed by atoms with Gasteiger partial charge in [-0.3, -0.25) is 0 Å². The molecule has 0 aromatic carbocycles. The van der Waals surface area contributed by atoms with Crippen LogP contribution in [0.15, 0.2) is 35.5 Å². The van der Waals surface area contributed by atoms with E-state index < -0.39 is 0 Å². The van der Waals surface area contributed by atoms with Gasteiger partial charge in [-0.25, -0.2) is 0 Å². The molecule has 0 saturated heterocycles. The average Bonchev–Trinajstić information content (AvgIpc) is 2.14. The van der Waals surface area contributed by atoms with Gasteiger partial charge in [0.2, 0.25) is 0 Å². The van der Waals surface area contributed by atoms with E-state index in [1.54, 1.807) is 0 Å². The molecule has 0 aromatic rings. The molecule has 1 heteroatoms. The predicted octanol–water partition coefficient (Wildman–Crippen LogP) is 2.28. The van der Waals surface area contributed by atoms with E-state index in [0.29, 0.717) is 5.92 Å². The third-order valence-corrected chi connectivity index (χ3v) is 1.93. The molecule has 1 N–H and O–H groups in total. The smallest absolute Gasteiger partial charge is 0.0199 e. The molecule has 1 aliphatic carbocycles. The molecule has 1 aliphatic rings. The first-order valence-electron chi connectivity index (χ1n) is 4.44. The lowest BCUT2D eigenvalue weighted by atomic mass is 10.1. The lowest BCUT2D eigenvalue weighted by Gasteiger charge is -2.02. The quantitative estimate of drug-likeness (QED) is 0.658. The van der Waals surface area contributed by atoms with Crippen molar-refractivity contribution in [3.63, 3.8) is 0 Å². The summed E-state index contributed by atoms with van der Waals surface area (Å²) in [5, 5.41) is 3.17. The highest BCUT2D eigenvalue weighted by Crippen LogP contribution is 2.13. The van der Waals surface area contributed by atoms with Crippen LogP contribution >= 0.6 is 0 Å². The zero-order chi connectivity index (χ0) is 8.97. The Kier molecular flexibility index (Phi) is 3.30. The SMILES string of the molecule is CNCC1=CC(C)C=CC(C)=C1. The van der Waals surface area contributed by atoms with Gasteiger partial charge in [-0.05, 0) is 25.5 Å². The van der Waals surface area contributed by atoms with Crippen LogP contribution in [0.1, 0.15) is 13.8 Å². The van der Waals surface area contributed by atoms with E-state index in [9.17, 15) is 0 Å². The van der Waals surface area contributed by atoms with E-state index >= 15 is 0 Å². The minimum absolute atomic E-state index is 0.557. The van der Waals surface area contributed by atoms with Crippen molar-refractivity contribution in [2.45, 2.75) is 13.8 Å². The first kappa shape index (κ1) is 9.27. The first-order chi connectivity index (χ1) is 5.72. The van der Waals surface area contributed by atoms with Gasteiger partial charge in [-0.1, -0.05) is 36.8 Å². The highest BCUT2D eigenvalue weighted by Gasteiger charge is 2.00. The second-order valence-corrected chi connectivity index (χ2v) is 3.38. The summed E-state index contributed by atoms with van der Waals surface area (Å²) in [7, 11) is 1.98. The molecular formula is C11H17N. The zero-order valence-corrected chi connectivity index (χ0v) is 8.09. The molecule has 0 spiro atoms. The molecule has 0 saturated carbocycles. The van der Waals surface area contributed by atoms with Gasteiger partial charge in [-0.15, -0.1) is 0 Å². The van der Waals surface area contributed by atoms with Crippen molar-refractivity contribution in [1.82, 2.24) is 5.32 Å². The average molecular weight is 163 g/mol. The third kappa shape index (κ3) is 2.67. The standard InChI is InChI=1S/C11H17N/c1-9-4-5-10(2)7-11(6-9)8-12-3/h4-7,9,12H,8H2,1-3H3. The fourth-order valence-corrected chi connectivity index (χ4v) is 1.40. The maximum absolute atomic E-state index is 3.17. The Bertz CT molecular complexity index is 233. The van der Waals surface area contributed by atoms with E-state index in [0.717, 1.165) is 6.54 Å². The maximum Gasteiger partial charge on any atom is 0.0199 e. The molecule has 66 valence electrons. The molecule has 1 nitrogen and oxygen atoms in total. The van der Waals surface area contributed by atoms with E-state index in [2.05, 4.69) is 43.5 Å². The minimum atomic E-state index is 0.557. The summed E-state index contributed by atoms with van der Waals surface area (Å²) in [6, 6.07) is 0. The van der Waals surface area contributed by atoms with Gasteiger partial charge in [0.25, 0.3) is 0 Å². The molecule has 1 rings (SSSR count). The van der Waals surface area contributed by atoms with Crippen LogP contribution in [0.25, 0.3) is 0 Å². The Hall–Kier alpha value is -0.820. The van der Waals surface area contributed by atoms with Crippen molar-refractivity contribution in [2.24, 2.45) is 5.92 Å². The third-order valence-electron chi connectivity index (χ3n) is 1.93. The summed E-state index contributed by atoms with van der Waals surface area (Å²) in [6.45, 7) is 5.31. The van der Waals surface area contributed by atoms with Gasteiger partial charge < -0.3 is 5.32 Å². The lowest BCUT2D eigenvalue weighted by molar-refractivity contribution is 0.866. The molecule has 0 bridgehead atoms. The summed E-state index contributed by atoms with van der Waals surface area (Å²) in [5.41, 5.74) is 2.72. The zero-order valence-electron chi connectivity index (χ0n) is 8.09. The van der Waals surface area contributed by atoms with Crippen LogP contribution in [-0.4, -0.2) is 13.6 Å². The first-order valence-corrected chi connectivity index (χ1v) is 4.44. The highest BCUT2D eigenvalue weighted by molar-refractivity contribution is 5.34. The lowest BCUT2D eigenvalue weighted by Crippen LogP contribution is -2.09. The number of allylic oxidation sites excluding steroid dienone is 4. The Labute approximate surface area is 74.9 Å². The van der Waals surface area contributed by atoms with E-state index in [4.69, 9.17) is 0 Å². The number of nitrogens with one attached hydrogen (secondary N) is 1. The van der Waals surface area contributed by atoms with Gasteiger partial charge in [-0.2, -0.15) is 0 Å². The number of hydrogen-bond acceptors (Lipinski definition) is 1. The molecule has 0 radical (unpaired) electrons. The molecule has 1 unspecified atom stereocenters. The fraction of sp³-hybridized carbons (Fsp3) is 0.455. The molecule has 0 amide bonds. The summed E-state index contributed by atoms with van der Waals surface area (Å²) in [4.78, 5) is 0. The molecular weight excluding hydrogens is 146 g/mol. The van der Waals surface area contributed by atoms with E-state index in [1.807, 2.05) is 7.05 Å². The molecule has 0 aromatic heterocycles. The van der Waals surface area contributed by atoms with Gasteiger partial charge in [0, 0.05) is 6.54 Å². The number of rotatable bonds is 2. The van der Waals surface area contributed by atoms with Crippen molar-refractivity contribution in [1.29, 1.82) is 0 Å². The topological polar surface area (TPSA) is 12.0 Å². The van der Waals surface area contributed by atoms with Crippen LogP contribution < -0.4 is 5.32 Å². The van der Waals surface area contributed by atoms with Crippen molar-refractivity contribution in [3.05, 3.63) is 35.5 Å². The Morgan fingerprint density at radius 2 is 2.25 bits per heavy atom. The molecule has 0 heterocycles. The normalized spacial score (nSPS) is 23.1. The van der Waals surface area contributed by atoms with Crippen molar-refractivity contribution in [3.8, 4) is 0 Å². The van der Waals surface area contributed by atoms with Crippen LogP contribution in [0.2, 0.25) is 0 Å². The summed E-state index contributed by atoms with van der Waals surface area (Å²) >= 11 is 0. The van der Waals surface area contributed by atoms with E-state index in [1.165, 1.54) is 11.1 Å². The van der Waals surface area contributed by atoms with Gasteiger partial charge >= 0.3 is 0 Å². The van der Waals surface area contributed by atoms with Crippen LogP contribution in [-0.2, 0) is 0 Å². The Balaban J connectivity index is 2.77. The predicted molar refractivity (Wildman–Crippen MR) is 54.1 cm³/mol. The van der Waals surface area contributed by atoms with Crippen LogP contribution in [0.5, 0.6) is 0 Å². The minimum Gasteiger partial charge on any atom is -0.316 e. The largest absolute Gasteiger partial charge is 0.316 e. The van der Waals surface area contributed by atoms with Crippen LogP contribution in [0, 0.1) is 5.92 Å². The number of likely N-dealkylation sites (N-methyl/N-ethyl adjacent to an activating group) is 1. The maximum atomic E-state index is 3.17. The van der Waals surface area contributed by atoms with Gasteiger partial charge in [0.1, 0.15) is 0 Å². The van der Waals surface area contributed by atoms with Gasteiger partial charge in [0.15, 0.2) is 0 Å². The monoisotopic (exact) mass is 163 g/mol. The Morgan fingerprint density at radius 1 is 1.50 bits per heavy atom. The van der Waals surface area contributed by atoms with E-state index in [-0.39, 0.29) is 0 Å². The van der Waals surface area contributed by atoms with Crippen molar-refractivity contribution >= 4 is 0 Å².